The van der Waals surface area contributed by atoms with Gasteiger partial charge in [-0.1, -0.05) is 26.0 Å². The molecule has 1 aliphatic rings. The van der Waals surface area contributed by atoms with Crippen LogP contribution in [0.1, 0.15) is 30.6 Å². The summed E-state index contributed by atoms with van der Waals surface area (Å²) in [5, 5.41) is 2.70. The molecule has 1 aliphatic heterocycles. The van der Waals surface area contributed by atoms with Crippen LogP contribution in [0.2, 0.25) is 0 Å². The monoisotopic (exact) mass is 277 g/mol. The molecule has 0 spiro atoms. The molecule has 1 N–H and O–H groups in total. The number of hydrogen-bond donors (Lipinski definition) is 1. The normalized spacial score (nSPS) is 21.5. The van der Waals surface area contributed by atoms with Crippen LogP contribution in [0.15, 0.2) is 24.3 Å². The predicted octanol–water partition coefficient (Wildman–Crippen LogP) is 2.40. The summed E-state index contributed by atoms with van der Waals surface area (Å²) < 4.78 is 10.3. The van der Waals surface area contributed by atoms with Crippen LogP contribution in [0.5, 0.6) is 5.75 Å². The number of Topliss-reactive ketones (excluding diaryl/α,β-unsaturated/α-hetero) is 1. The minimum absolute atomic E-state index is 0.230. The first-order valence-corrected chi connectivity index (χ1v) is 6.67. The molecule has 2 rings (SSSR count). The number of para-hydroxylation sites is 1. The van der Waals surface area contributed by atoms with Gasteiger partial charge in [0.05, 0.1) is 18.7 Å². The Balaban J connectivity index is 2.24. The molecule has 0 aliphatic carbocycles. The van der Waals surface area contributed by atoms with Crippen LogP contribution < -0.4 is 10.1 Å². The number of cyclic esters (lactones) is 1. The van der Waals surface area contributed by atoms with E-state index < -0.39 is 12.2 Å². The van der Waals surface area contributed by atoms with Gasteiger partial charge in [-0.15, -0.1) is 0 Å². The first-order valence-electron chi connectivity index (χ1n) is 6.67. The molecule has 5 nitrogen and oxygen atoms in total. The van der Waals surface area contributed by atoms with E-state index in [0.29, 0.717) is 23.7 Å². The molecule has 1 heterocycles. The smallest absolute Gasteiger partial charge is 0.408 e. The number of methoxy groups -OCH3 is 1. The van der Waals surface area contributed by atoms with Gasteiger partial charge in [0.25, 0.3) is 0 Å². The van der Waals surface area contributed by atoms with E-state index in [1.165, 1.54) is 7.11 Å². The number of benzene rings is 1. The number of carbonyl (C=O) groups excluding carboxylic acids is 2. The largest absolute Gasteiger partial charge is 0.496 e. The molecule has 0 bridgehead atoms. The molecule has 2 atom stereocenters. The van der Waals surface area contributed by atoms with E-state index in [9.17, 15) is 9.59 Å². The summed E-state index contributed by atoms with van der Waals surface area (Å²) in [5.74, 6) is 0.616. The SMILES string of the molecule is COc1ccccc1C(=O)[C@@H]1OC(=O)N[C@H]1CC(C)C. The molecule has 1 saturated heterocycles. The molecular formula is C15H19NO4. The van der Waals surface area contributed by atoms with Crippen LogP contribution in [0.3, 0.4) is 0 Å². The third-order valence-corrected chi connectivity index (χ3v) is 3.26. The number of carbonyl (C=O) groups is 2. The van der Waals surface area contributed by atoms with Gasteiger partial charge in [-0.05, 0) is 24.5 Å². The first-order chi connectivity index (χ1) is 9.52. The van der Waals surface area contributed by atoms with Crippen molar-refractivity contribution in [1.29, 1.82) is 0 Å². The number of ketones is 1. The van der Waals surface area contributed by atoms with Crippen molar-refractivity contribution in [3.8, 4) is 5.75 Å². The Morgan fingerprint density at radius 2 is 2.10 bits per heavy atom. The third kappa shape index (κ3) is 2.92. The van der Waals surface area contributed by atoms with Crippen LogP contribution >= 0.6 is 0 Å². The van der Waals surface area contributed by atoms with Crippen LogP contribution in [-0.2, 0) is 4.74 Å². The van der Waals surface area contributed by atoms with Crippen LogP contribution in [0.25, 0.3) is 0 Å². The molecule has 0 saturated carbocycles. The second-order valence-corrected chi connectivity index (χ2v) is 5.27. The standard InChI is InChI=1S/C15H19NO4/c1-9(2)8-11-14(20-15(18)16-11)13(17)10-6-4-5-7-12(10)19-3/h4-7,9,11,14H,8H2,1-3H3,(H,16,18)/t11-,14+/m0/s1. The highest BCUT2D eigenvalue weighted by molar-refractivity contribution is 6.04. The number of rotatable bonds is 5. The fourth-order valence-electron chi connectivity index (χ4n) is 2.39. The fourth-order valence-corrected chi connectivity index (χ4v) is 2.39. The Kier molecular flexibility index (Phi) is 4.27. The zero-order chi connectivity index (χ0) is 14.7. The van der Waals surface area contributed by atoms with Crippen LogP contribution in [0, 0.1) is 5.92 Å². The van der Waals surface area contributed by atoms with Gasteiger partial charge in [0.15, 0.2) is 6.10 Å². The highest BCUT2D eigenvalue weighted by Gasteiger charge is 2.40. The maximum atomic E-state index is 12.6. The maximum Gasteiger partial charge on any atom is 0.408 e. The van der Waals surface area contributed by atoms with Gasteiger partial charge < -0.3 is 14.8 Å². The van der Waals surface area contributed by atoms with Crippen molar-refractivity contribution in [2.45, 2.75) is 32.4 Å². The minimum Gasteiger partial charge on any atom is -0.496 e. The van der Waals surface area contributed by atoms with Gasteiger partial charge in [0.1, 0.15) is 5.75 Å². The number of nitrogens with one attached hydrogen (secondary N) is 1. The molecule has 1 aromatic rings. The summed E-state index contributed by atoms with van der Waals surface area (Å²) >= 11 is 0. The molecule has 1 fully saturated rings. The van der Waals surface area contributed by atoms with E-state index in [-0.39, 0.29) is 11.8 Å². The van der Waals surface area contributed by atoms with Crippen molar-refractivity contribution in [3.63, 3.8) is 0 Å². The highest BCUT2D eigenvalue weighted by Crippen LogP contribution is 2.25. The quantitative estimate of drug-likeness (QED) is 0.839. The Hall–Kier alpha value is -2.04. The van der Waals surface area contributed by atoms with Gasteiger partial charge in [0, 0.05) is 0 Å². The summed E-state index contributed by atoms with van der Waals surface area (Å²) in [6, 6.07) is 6.66. The lowest BCUT2D eigenvalue weighted by atomic mass is 9.94. The third-order valence-electron chi connectivity index (χ3n) is 3.26. The Morgan fingerprint density at radius 1 is 1.40 bits per heavy atom. The summed E-state index contributed by atoms with van der Waals surface area (Å²) in [7, 11) is 1.51. The lowest BCUT2D eigenvalue weighted by molar-refractivity contribution is 0.0709. The Labute approximate surface area is 118 Å². The summed E-state index contributed by atoms with van der Waals surface area (Å²) in [6.07, 6.45) is -0.637. The molecule has 20 heavy (non-hydrogen) atoms. The van der Waals surface area contributed by atoms with Gasteiger partial charge >= 0.3 is 6.09 Å². The van der Waals surface area contributed by atoms with Gasteiger partial charge in [0.2, 0.25) is 5.78 Å². The number of alkyl carbamates (subject to hydrolysis) is 1. The zero-order valence-electron chi connectivity index (χ0n) is 11.9. The van der Waals surface area contributed by atoms with Crippen molar-refractivity contribution in [1.82, 2.24) is 5.32 Å². The lowest BCUT2D eigenvalue weighted by Gasteiger charge is -2.18. The Bertz CT molecular complexity index is 512. The fraction of sp³-hybridized carbons (Fsp3) is 0.467. The van der Waals surface area contributed by atoms with Crippen molar-refractivity contribution >= 4 is 11.9 Å². The molecule has 108 valence electrons. The highest BCUT2D eigenvalue weighted by atomic mass is 16.6. The number of ether oxygens (including phenoxy) is 2. The molecule has 1 amide bonds. The van der Waals surface area contributed by atoms with Crippen molar-refractivity contribution in [2.24, 2.45) is 5.92 Å². The van der Waals surface area contributed by atoms with E-state index in [0.717, 1.165) is 0 Å². The molecule has 0 unspecified atom stereocenters. The van der Waals surface area contributed by atoms with Gasteiger partial charge in [-0.2, -0.15) is 0 Å². The van der Waals surface area contributed by atoms with E-state index in [4.69, 9.17) is 9.47 Å². The van der Waals surface area contributed by atoms with Gasteiger partial charge in [-0.25, -0.2) is 4.79 Å². The predicted molar refractivity (Wildman–Crippen MR) is 74.0 cm³/mol. The Morgan fingerprint density at radius 3 is 2.75 bits per heavy atom. The average molecular weight is 277 g/mol. The second-order valence-electron chi connectivity index (χ2n) is 5.27. The maximum absolute atomic E-state index is 12.6. The van der Waals surface area contributed by atoms with Crippen LogP contribution in [-0.4, -0.2) is 31.1 Å². The summed E-state index contributed by atoms with van der Waals surface area (Å²) in [5.41, 5.74) is 0.435. The second kappa shape index (κ2) is 5.94. The van der Waals surface area contributed by atoms with Crippen LogP contribution in [0.4, 0.5) is 4.79 Å². The molecule has 1 aromatic carbocycles. The first kappa shape index (κ1) is 14.4. The van der Waals surface area contributed by atoms with Gasteiger partial charge in [-0.3, -0.25) is 4.79 Å². The van der Waals surface area contributed by atoms with Crippen molar-refractivity contribution < 1.29 is 19.1 Å². The van der Waals surface area contributed by atoms with Crippen molar-refractivity contribution in [2.75, 3.05) is 7.11 Å². The topological polar surface area (TPSA) is 64.6 Å². The van der Waals surface area contributed by atoms with E-state index in [2.05, 4.69) is 5.32 Å². The van der Waals surface area contributed by atoms with Crippen molar-refractivity contribution in [3.05, 3.63) is 29.8 Å². The number of hydrogen-bond acceptors (Lipinski definition) is 4. The van der Waals surface area contributed by atoms with E-state index >= 15 is 0 Å². The lowest BCUT2D eigenvalue weighted by Crippen LogP contribution is -2.37. The van der Waals surface area contributed by atoms with E-state index in [1.807, 2.05) is 13.8 Å². The molecular weight excluding hydrogens is 258 g/mol. The zero-order valence-corrected chi connectivity index (χ0v) is 11.9. The molecule has 0 aromatic heterocycles. The average Bonchev–Trinajstić information content (AvgIpc) is 2.77. The minimum atomic E-state index is -0.791. The molecule has 5 heteroatoms. The number of amides is 1. The molecule has 0 radical (unpaired) electrons. The van der Waals surface area contributed by atoms with E-state index in [1.54, 1.807) is 24.3 Å². The summed E-state index contributed by atoms with van der Waals surface area (Å²) in [6.45, 7) is 4.07. The summed E-state index contributed by atoms with van der Waals surface area (Å²) in [4.78, 5) is 24.0.